The van der Waals surface area contributed by atoms with E-state index >= 15 is 0 Å². The minimum atomic E-state index is -3.40. The molecule has 0 aliphatic heterocycles. The van der Waals surface area contributed by atoms with Crippen molar-refractivity contribution in [3.8, 4) is 0 Å². The van der Waals surface area contributed by atoms with Crippen molar-refractivity contribution >= 4 is 16.1 Å². The van der Waals surface area contributed by atoms with Gasteiger partial charge in [-0.2, -0.15) is 0 Å². The summed E-state index contributed by atoms with van der Waals surface area (Å²) in [6.45, 7) is 2.63. The summed E-state index contributed by atoms with van der Waals surface area (Å²) < 4.78 is 26.0. The molecule has 1 saturated carbocycles. The van der Waals surface area contributed by atoms with Crippen molar-refractivity contribution in [3.05, 3.63) is 29.8 Å². The van der Waals surface area contributed by atoms with Gasteiger partial charge >= 0.3 is 6.03 Å². The Labute approximate surface area is 125 Å². The van der Waals surface area contributed by atoms with E-state index < -0.39 is 10.0 Å². The number of sulfonamides is 1. The van der Waals surface area contributed by atoms with E-state index in [4.69, 9.17) is 0 Å². The van der Waals surface area contributed by atoms with Gasteiger partial charge in [-0.25, -0.2) is 17.9 Å². The molecule has 0 bridgehead atoms. The zero-order valence-corrected chi connectivity index (χ0v) is 12.9. The maximum Gasteiger partial charge on any atom is 0.315 e. The van der Waals surface area contributed by atoms with Crippen molar-refractivity contribution in [2.75, 3.05) is 13.1 Å². The van der Waals surface area contributed by atoms with Crippen LogP contribution in [0.4, 0.5) is 4.79 Å². The van der Waals surface area contributed by atoms with E-state index in [9.17, 15) is 13.2 Å². The normalized spacial score (nSPS) is 14.7. The van der Waals surface area contributed by atoms with E-state index in [1.165, 1.54) is 0 Å². The largest absolute Gasteiger partial charge is 0.338 e. The predicted molar refractivity (Wildman–Crippen MR) is 80.6 cm³/mol. The Balaban J connectivity index is 1.80. The van der Waals surface area contributed by atoms with Gasteiger partial charge < -0.3 is 10.6 Å². The Kier molecular flexibility index (Phi) is 5.19. The van der Waals surface area contributed by atoms with Crippen molar-refractivity contribution in [3.63, 3.8) is 0 Å². The summed E-state index contributed by atoms with van der Waals surface area (Å²) in [7, 11) is -3.40. The maximum absolute atomic E-state index is 11.8. The predicted octanol–water partition coefficient (Wildman–Crippen LogP) is 0.989. The van der Waals surface area contributed by atoms with Gasteiger partial charge in [0.1, 0.15) is 0 Å². The van der Waals surface area contributed by atoms with E-state index in [2.05, 4.69) is 15.4 Å². The number of rotatable bonds is 7. The van der Waals surface area contributed by atoms with Gasteiger partial charge in [0.2, 0.25) is 10.0 Å². The topological polar surface area (TPSA) is 87.3 Å². The Hall–Kier alpha value is -1.60. The van der Waals surface area contributed by atoms with Crippen molar-refractivity contribution in [1.29, 1.82) is 0 Å². The molecule has 0 heterocycles. The molecular formula is C14H21N3O3S. The van der Waals surface area contributed by atoms with Crippen LogP contribution in [0, 0.1) is 0 Å². The summed E-state index contributed by atoms with van der Waals surface area (Å²) in [5.41, 5.74) is 0.983. The molecule has 1 aliphatic carbocycles. The summed E-state index contributed by atoms with van der Waals surface area (Å²) >= 11 is 0. The molecule has 3 N–H and O–H groups in total. The molecule has 0 spiro atoms. The molecule has 6 nitrogen and oxygen atoms in total. The standard InChI is InChI=1S/C14H21N3O3S/c1-2-16-21(19,20)13-7-3-11(4-8-13)9-10-15-14(18)17-12-5-6-12/h3-4,7-8,12,16H,2,5-6,9-10H2,1H3,(H2,15,17,18). The van der Waals surface area contributed by atoms with Crippen molar-refractivity contribution in [2.24, 2.45) is 0 Å². The van der Waals surface area contributed by atoms with Gasteiger partial charge in [0.25, 0.3) is 0 Å². The SMILES string of the molecule is CCNS(=O)(=O)c1ccc(CCNC(=O)NC2CC2)cc1. The summed E-state index contributed by atoms with van der Waals surface area (Å²) in [6.07, 6.45) is 2.80. The second-order valence-corrected chi connectivity index (χ2v) is 6.84. The first kappa shape index (κ1) is 15.8. The fourth-order valence-corrected chi connectivity index (χ4v) is 2.93. The third-order valence-electron chi connectivity index (χ3n) is 3.18. The van der Waals surface area contributed by atoms with Crippen LogP contribution in [-0.2, 0) is 16.4 Å². The van der Waals surface area contributed by atoms with Gasteiger partial charge in [-0.1, -0.05) is 19.1 Å². The number of carbonyl (C=O) groups is 1. The first-order valence-corrected chi connectivity index (χ1v) is 8.62. The average Bonchev–Trinajstić information content (AvgIpc) is 3.23. The lowest BCUT2D eigenvalue weighted by Crippen LogP contribution is -2.37. The van der Waals surface area contributed by atoms with Crippen LogP contribution in [0.25, 0.3) is 0 Å². The van der Waals surface area contributed by atoms with Crippen LogP contribution in [0.1, 0.15) is 25.3 Å². The Morgan fingerprint density at radius 1 is 1.24 bits per heavy atom. The highest BCUT2D eigenvalue weighted by Crippen LogP contribution is 2.18. The number of nitrogens with one attached hydrogen (secondary N) is 3. The van der Waals surface area contributed by atoms with Crippen LogP contribution in [-0.4, -0.2) is 33.6 Å². The fraction of sp³-hybridized carbons (Fsp3) is 0.500. The molecule has 7 heteroatoms. The van der Waals surface area contributed by atoms with Gasteiger partial charge in [0.15, 0.2) is 0 Å². The van der Waals surface area contributed by atoms with Crippen LogP contribution < -0.4 is 15.4 Å². The van der Waals surface area contributed by atoms with E-state index in [1.807, 2.05) is 0 Å². The first-order valence-electron chi connectivity index (χ1n) is 7.14. The van der Waals surface area contributed by atoms with Crippen molar-refractivity contribution in [1.82, 2.24) is 15.4 Å². The summed E-state index contributed by atoms with van der Waals surface area (Å²) in [5, 5.41) is 5.63. The lowest BCUT2D eigenvalue weighted by molar-refractivity contribution is 0.240. The number of urea groups is 1. The van der Waals surface area contributed by atoms with Crippen LogP contribution in [0.15, 0.2) is 29.2 Å². The Morgan fingerprint density at radius 2 is 1.90 bits per heavy atom. The zero-order valence-electron chi connectivity index (χ0n) is 12.1. The Morgan fingerprint density at radius 3 is 2.48 bits per heavy atom. The number of benzene rings is 1. The van der Waals surface area contributed by atoms with E-state index in [0.29, 0.717) is 25.6 Å². The molecule has 116 valence electrons. The van der Waals surface area contributed by atoms with Gasteiger partial charge in [-0.3, -0.25) is 0 Å². The highest BCUT2D eigenvalue weighted by molar-refractivity contribution is 7.89. The Bertz CT molecular complexity index is 580. The van der Waals surface area contributed by atoms with E-state index in [0.717, 1.165) is 18.4 Å². The minimum absolute atomic E-state index is 0.135. The molecule has 0 saturated heterocycles. The molecule has 0 aromatic heterocycles. The molecule has 1 aromatic carbocycles. The smallest absolute Gasteiger partial charge is 0.315 e. The van der Waals surface area contributed by atoms with Gasteiger partial charge in [-0.15, -0.1) is 0 Å². The molecular weight excluding hydrogens is 290 g/mol. The molecule has 1 aromatic rings. The molecule has 1 aliphatic rings. The molecule has 0 radical (unpaired) electrons. The molecule has 2 amide bonds. The number of hydrogen-bond donors (Lipinski definition) is 3. The number of hydrogen-bond acceptors (Lipinski definition) is 3. The summed E-state index contributed by atoms with van der Waals surface area (Å²) in [4.78, 5) is 11.7. The zero-order chi connectivity index (χ0) is 15.3. The number of carbonyl (C=O) groups excluding carboxylic acids is 1. The van der Waals surface area contributed by atoms with Crippen LogP contribution in [0.2, 0.25) is 0 Å². The molecule has 0 atom stereocenters. The van der Waals surface area contributed by atoms with Crippen molar-refractivity contribution in [2.45, 2.75) is 37.1 Å². The second-order valence-electron chi connectivity index (χ2n) is 5.07. The number of amides is 2. The highest BCUT2D eigenvalue weighted by Gasteiger charge is 2.22. The second kappa shape index (κ2) is 6.91. The van der Waals surface area contributed by atoms with Crippen molar-refractivity contribution < 1.29 is 13.2 Å². The van der Waals surface area contributed by atoms with Crippen LogP contribution in [0.3, 0.4) is 0 Å². The summed E-state index contributed by atoms with van der Waals surface area (Å²) in [6, 6.07) is 6.91. The summed E-state index contributed by atoms with van der Waals surface area (Å²) in [5.74, 6) is 0. The quantitative estimate of drug-likeness (QED) is 0.702. The maximum atomic E-state index is 11.8. The van der Waals surface area contributed by atoms with Crippen LogP contribution >= 0.6 is 0 Å². The van der Waals surface area contributed by atoms with Crippen LogP contribution in [0.5, 0.6) is 0 Å². The van der Waals surface area contributed by atoms with Gasteiger partial charge in [0, 0.05) is 19.1 Å². The lowest BCUT2D eigenvalue weighted by atomic mass is 10.1. The fourth-order valence-electron chi connectivity index (χ4n) is 1.89. The average molecular weight is 311 g/mol. The van der Waals surface area contributed by atoms with E-state index in [1.54, 1.807) is 31.2 Å². The van der Waals surface area contributed by atoms with E-state index in [-0.39, 0.29) is 10.9 Å². The molecule has 21 heavy (non-hydrogen) atoms. The lowest BCUT2D eigenvalue weighted by Gasteiger charge is -2.08. The van der Waals surface area contributed by atoms with Gasteiger partial charge in [-0.05, 0) is 37.0 Å². The third-order valence-corrected chi connectivity index (χ3v) is 4.74. The molecule has 1 fully saturated rings. The monoisotopic (exact) mass is 311 g/mol. The molecule has 0 unspecified atom stereocenters. The molecule has 2 rings (SSSR count). The highest BCUT2D eigenvalue weighted by atomic mass is 32.2. The first-order chi connectivity index (χ1) is 10.0. The third kappa shape index (κ3) is 5.02. The minimum Gasteiger partial charge on any atom is -0.338 e. The van der Waals surface area contributed by atoms with Gasteiger partial charge in [0.05, 0.1) is 4.90 Å².